The molecule has 4 atom stereocenters. The molecule has 0 spiro atoms. The third kappa shape index (κ3) is 4.60. The van der Waals surface area contributed by atoms with Gasteiger partial charge >= 0.3 is 18.0 Å². The standard InChI is InChI=1S/C25H34N2O7/c1-5-32-21(30)25(20(26)29,27-22(31)33-15-16-9-7-6-8-10-16)14-19(28)34-18-13-17-11-12-24(18,4)23(17,2)3/h6-10,17-18H,5,11-15H2,1-4H3,(H2,26,29)(H,27,31)/t17-,18-,24-,25?/m1/s1. The van der Waals surface area contributed by atoms with Crippen LogP contribution in [0.5, 0.6) is 0 Å². The molecule has 3 N–H and O–H groups in total. The molecular weight excluding hydrogens is 440 g/mol. The van der Waals surface area contributed by atoms with Crippen molar-refractivity contribution in [3.05, 3.63) is 35.9 Å². The van der Waals surface area contributed by atoms with Crippen LogP contribution in [0.2, 0.25) is 0 Å². The van der Waals surface area contributed by atoms with Crippen LogP contribution >= 0.6 is 0 Å². The van der Waals surface area contributed by atoms with Crippen LogP contribution in [0.3, 0.4) is 0 Å². The molecule has 0 aromatic heterocycles. The highest BCUT2D eigenvalue weighted by Crippen LogP contribution is 2.66. The summed E-state index contributed by atoms with van der Waals surface area (Å²) in [6.07, 6.45) is 0.471. The minimum absolute atomic E-state index is 0.000638. The van der Waals surface area contributed by atoms with Crippen molar-refractivity contribution in [1.82, 2.24) is 5.32 Å². The van der Waals surface area contributed by atoms with Crippen LogP contribution in [0, 0.1) is 16.7 Å². The number of rotatable bonds is 9. The lowest BCUT2D eigenvalue weighted by Gasteiger charge is -2.38. The highest BCUT2D eigenvalue weighted by molar-refractivity contribution is 6.11. The van der Waals surface area contributed by atoms with Crippen LogP contribution in [0.25, 0.3) is 0 Å². The number of hydrogen-bond acceptors (Lipinski definition) is 7. The Morgan fingerprint density at radius 3 is 2.32 bits per heavy atom. The normalized spacial score (nSPS) is 26.2. The van der Waals surface area contributed by atoms with E-state index in [9.17, 15) is 19.2 Å². The van der Waals surface area contributed by atoms with Gasteiger partial charge in [-0.05, 0) is 43.1 Å². The summed E-state index contributed by atoms with van der Waals surface area (Å²) in [6.45, 7) is 7.80. The molecule has 9 nitrogen and oxygen atoms in total. The van der Waals surface area contributed by atoms with Gasteiger partial charge in [-0.25, -0.2) is 9.59 Å². The molecule has 1 aromatic carbocycles. The Morgan fingerprint density at radius 1 is 1.12 bits per heavy atom. The Balaban J connectivity index is 1.74. The van der Waals surface area contributed by atoms with Gasteiger partial charge in [-0.2, -0.15) is 0 Å². The molecule has 2 saturated carbocycles. The first-order valence-electron chi connectivity index (χ1n) is 11.6. The number of fused-ring (bicyclic) bond motifs is 2. The SMILES string of the molecule is CCOC(=O)C(CC(=O)O[C@@H]1C[C@H]2CC[C@@]1(C)C2(C)C)(NC(=O)OCc1ccccc1)C(N)=O. The predicted octanol–water partition coefficient (Wildman–Crippen LogP) is 2.85. The predicted molar refractivity (Wildman–Crippen MR) is 122 cm³/mol. The molecule has 0 saturated heterocycles. The number of nitrogens with two attached hydrogens (primary N) is 1. The van der Waals surface area contributed by atoms with Gasteiger partial charge in [0.05, 0.1) is 13.0 Å². The van der Waals surface area contributed by atoms with Crippen LogP contribution in [0.4, 0.5) is 4.79 Å². The number of benzene rings is 1. The molecule has 3 rings (SSSR count). The van der Waals surface area contributed by atoms with E-state index in [1.54, 1.807) is 24.3 Å². The first-order valence-corrected chi connectivity index (χ1v) is 11.6. The largest absolute Gasteiger partial charge is 0.464 e. The fraction of sp³-hybridized carbons (Fsp3) is 0.600. The molecule has 9 heteroatoms. The van der Waals surface area contributed by atoms with Gasteiger partial charge < -0.3 is 19.9 Å². The maximum Gasteiger partial charge on any atom is 0.408 e. The molecule has 1 aromatic rings. The van der Waals surface area contributed by atoms with E-state index in [0.29, 0.717) is 17.9 Å². The average molecular weight is 475 g/mol. The van der Waals surface area contributed by atoms with E-state index in [1.807, 2.05) is 6.07 Å². The lowest BCUT2D eigenvalue weighted by atomic mass is 9.70. The Hall–Kier alpha value is -3.10. The van der Waals surface area contributed by atoms with Gasteiger partial charge in [0.25, 0.3) is 5.91 Å². The van der Waals surface area contributed by atoms with Gasteiger partial charge in [-0.15, -0.1) is 0 Å². The Bertz CT molecular complexity index is 948. The number of carbonyl (C=O) groups is 4. The summed E-state index contributed by atoms with van der Waals surface area (Å²) in [4.78, 5) is 50.7. The zero-order valence-electron chi connectivity index (χ0n) is 20.2. The smallest absolute Gasteiger partial charge is 0.408 e. The molecule has 2 amide bonds. The molecule has 186 valence electrons. The van der Waals surface area contributed by atoms with E-state index in [0.717, 1.165) is 12.8 Å². The molecule has 1 unspecified atom stereocenters. The summed E-state index contributed by atoms with van der Waals surface area (Å²) in [7, 11) is 0. The quantitative estimate of drug-likeness (QED) is 0.319. The topological polar surface area (TPSA) is 134 Å². The monoisotopic (exact) mass is 474 g/mol. The van der Waals surface area contributed by atoms with Gasteiger partial charge in [0.1, 0.15) is 12.7 Å². The van der Waals surface area contributed by atoms with E-state index in [2.05, 4.69) is 26.1 Å². The second kappa shape index (κ2) is 9.64. The molecule has 2 fully saturated rings. The van der Waals surface area contributed by atoms with Crippen LogP contribution in [-0.4, -0.2) is 42.2 Å². The van der Waals surface area contributed by atoms with Crippen molar-refractivity contribution in [2.45, 2.75) is 71.6 Å². The minimum atomic E-state index is -2.45. The summed E-state index contributed by atoms with van der Waals surface area (Å²) >= 11 is 0. The summed E-state index contributed by atoms with van der Waals surface area (Å²) in [5.74, 6) is -2.77. The summed E-state index contributed by atoms with van der Waals surface area (Å²) in [5.41, 5.74) is 3.56. The molecule has 0 radical (unpaired) electrons. The van der Waals surface area contributed by atoms with E-state index in [4.69, 9.17) is 19.9 Å². The van der Waals surface area contributed by atoms with Crippen molar-refractivity contribution < 1.29 is 33.4 Å². The van der Waals surface area contributed by atoms with Crippen molar-refractivity contribution in [2.75, 3.05) is 6.61 Å². The number of alkyl carbamates (subject to hydrolysis) is 1. The van der Waals surface area contributed by atoms with Crippen molar-refractivity contribution in [3.8, 4) is 0 Å². The maximum atomic E-state index is 13.0. The number of carbonyl (C=O) groups excluding carboxylic acids is 4. The van der Waals surface area contributed by atoms with Gasteiger partial charge in [-0.3, -0.25) is 14.9 Å². The highest BCUT2D eigenvalue weighted by Gasteiger charge is 2.63. The van der Waals surface area contributed by atoms with Crippen molar-refractivity contribution in [1.29, 1.82) is 0 Å². The molecule has 2 bridgehead atoms. The maximum absolute atomic E-state index is 13.0. The van der Waals surface area contributed by atoms with Crippen molar-refractivity contribution in [2.24, 2.45) is 22.5 Å². The first kappa shape index (κ1) is 25.5. The number of primary amides is 1. The lowest BCUT2D eigenvalue weighted by molar-refractivity contribution is -0.167. The Labute approximate surface area is 199 Å². The van der Waals surface area contributed by atoms with Crippen LogP contribution in [0.1, 0.15) is 58.9 Å². The molecule has 2 aliphatic carbocycles. The summed E-state index contributed by atoms with van der Waals surface area (Å²) in [6, 6.07) is 8.85. The fourth-order valence-corrected chi connectivity index (χ4v) is 5.33. The first-order chi connectivity index (χ1) is 16.0. The van der Waals surface area contributed by atoms with E-state index in [-0.39, 0.29) is 30.1 Å². The van der Waals surface area contributed by atoms with Crippen molar-refractivity contribution in [3.63, 3.8) is 0 Å². The number of hydrogen-bond donors (Lipinski definition) is 2. The second-order valence-electron chi connectivity index (χ2n) is 9.94. The van der Waals surface area contributed by atoms with E-state index < -0.39 is 35.9 Å². The number of amides is 2. The Kier molecular flexibility index (Phi) is 7.24. The van der Waals surface area contributed by atoms with Crippen LogP contribution in [-0.2, 0) is 35.2 Å². The fourth-order valence-electron chi connectivity index (χ4n) is 5.33. The van der Waals surface area contributed by atoms with E-state index >= 15 is 0 Å². The molecule has 0 heterocycles. The molecule has 0 aliphatic heterocycles. The van der Waals surface area contributed by atoms with Gasteiger partial charge in [-0.1, -0.05) is 51.1 Å². The molecule has 34 heavy (non-hydrogen) atoms. The van der Waals surface area contributed by atoms with Gasteiger partial charge in [0.15, 0.2) is 0 Å². The third-order valence-electron chi connectivity index (χ3n) is 7.97. The average Bonchev–Trinajstić information content (AvgIpc) is 3.11. The lowest BCUT2D eigenvalue weighted by Crippen LogP contribution is -2.64. The number of ether oxygens (including phenoxy) is 3. The van der Waals surface area contributed by atoms with Crippen LogP contribution < -0.4 is 11.1 Å². The zero-order valence-corrected chi connectivity index (χ0v) is 20.2. The summed E-state index contributed by atoms with van der Waals surface area (Å²) in [5, 5.41) is 2.19. The summed E-state index contributed by atoms with van der Waals surface area (Å²) < 4.78 is 15.9. The van der Waals surface area contributed by atoms with Crippen molar-refractivity contribution >= 4 is 23.9 Å². The molecule has 2 aliphatic rings. The number of esters is 2. The van der Waals surface area contributed by atoms with Gasteiger partial charge in [0, 0.05) is 5.41 Å². The van der Waals surface area contributed by atoms with Crippen LogP contribution in [0.15, 0.2) is 30.3 Å². The van der Waals surface area contributed by atoms with Gasteiger partial charge in [0.2, 0.25) is 5.54 Å². The zero-order chi connectivity index (χ0) is 25.1. The highest BCUT2D eigenvalue weighted by atomic mass is 16.6. The Morgan fingerprint density at radius 2 is 1.79 bits per heavy atom. The van der Waals surface area contributed by atoms with E-state index in [1.165, 1.54) is 6.92 Å². The molecular formula is C25H34N2O7. The number of nitrogens with one attached hydrogen (secondary N) is 1. The minimum Gasteiger partial charge on any atom is -0.464 e. The second-order valence-corrected chi connectivity index (χ2v) is 9.94. The third-order valence-corrected chi connectivity index (χ3v) is 7.97.